The minimum Gasteiger partial charge on any atom is -0.493 e. The summed E-state index contributed by atoms with van der Waals surface area (Å²) in [5.41, 5.74) is 1.40. The van der Waals surface area contributed by atoms with Crippen molar-refractivity contribution >= 4 is 0 Å². The van der Waals surface area contributed by atoms with Crippen LogP contribution in [0.15, 0.2) is 24.3 Å². The van der Waals surface area contributed by atoms with Crippen LogP contribution in [0.3, 0.4) is 0 Å². The molecule has 3 rings (SSSR count). The van der Waals surface area contributed by atoms with Gasteiger partial charge in [-0.1, -0.05) is 44.4 Å². The average Bonchev–Trinajstić information content (AvgIpc) is 2.56. The maximum absolute atomic E-state index is 6.05. The van der Waals surface area contributed by atoms with Gasteiger partial charge in [-0.25, -0.2) is 0 Å². The van der Waals surface area contributed by atoms with Crippen molar-refractivity contribution in [2.24, 2.45) is 11.8 Å². The summed E-state index contributed by atoms with van der Waals surface area (Å²) in [6, 6.07) is 9.20. The molecule has 1 aliphatic carbocycles. The summed E-state index contributed by atoms with van der Waals surface area (Å²) in [7, 11) is 0. The Morgan fingerprint density at radius 3 is 2.76 bits per heavy atom. The van der Waals surface area contributed by atoms with E-state index in [4.69, 9.17) is 4.74 Å². The molecule has 0 radical (unpaired) electrons. The predicted octanol–water partition coefficient (Wildman–Crippen LogP) is 4.19. The van der Waals surface area contributed by atoms with E-state index in [0.29, 0.717) is 12.0 Å². The Morgan fingerprint density at radius 2 is 1.95 bits per heavy atom. The van der Waals surface area contributed by atoms with Crippen molar-refractivity contribution in [2.75, 3.05) is 13.2 Å². The second kappa shape index (κ2) is 7.31. The third kappa shape index (κ3) is 3.60. The van der Waals surface area contributed by atoms with E-state index in [1.54, 1.807) is 0 Å². The molecule has 1 N–H and O–H groups in total. The highest BCUT2D eigenvalue weighted by atomic mass is 16.5. The number of benzene rings is 1. The van der Waals surface area contributed by atoms with E-state index >= 15 is 0 Å². The van der Waals surface area contributed by atoms with Gasteiger partial charge in [-0.05, 0) is 49.8 Å². The van der Waals surface area contributed by atoms with E-state index in [2.05, 4.69) is 36.5 Å². The number of hydrogen-bond acceptors (Lipinski definition) is 2. The van der Waals surface area contributed by atoms with Crippen LogP contribution in [0, 0.1) is 11.8 Å². The van der Waals surface area contributed by atoms with Crippen molar-refractivity contribution in [1.82, 2.24) is 5.32 Å². The van der Waals surface area contributed by atoms with Crippen molar-refractivity contribution in [3.63, 3.8) is 0 Å². The molecule has 0 spiro atoms. The lowest BCUT2D eigenvalue weighted by Crippen LogP contribution is -2.47. The molecule has 21 heavy (non-hydrogen) atoms. The summed E-state index contributed by atoms with van der Waals surface area (Å²) in [6.45, 7) is 4.28. The van der Waals surface area contributed by atoms with Crippen LogP contribution in [-0.4, -0.2) is 19.2 Å². The zero-order valence-electron chi connectivity index (χ0n) is 13.3. The molecule has 2 aliphatic rings. The molecule has 1 aliphatic heterocycles. The summed E-state index contributed by atoms with van der Waals surface area (Å²) in [4.78, 5) is 0. The fourth-order valence-corrected chi connectivity index (χ4v) is 4.10. The fraction of sp³-hybridized carbons (Fsp3) is 0.684. The average molecular weight is 287 g/mol. The number of fused-ring (bicyclic) bond motifs is 1. The first-order valence-electron chi connectivity index (χ1n) is 8.82. The molecule has 1 fully saturated rings. The first-order valence-corrected chi connectivity index (χ1v) is 8.82. The first-order chi connectivity index (χ1) is 10.4. The Hall–Kier alpha value is -1.02. The van der Waals surface area contributed by atoms with Crippen LogP contribution in [0.5, 0.6) is 5.75 Å². The van der Waals surface area contributed by atoms with Crippen molar-refractivity contribution in [3.8, 4) is 5.75 Å². The van der Waals surface area contributed by atoms with Crippen molar-refractivity contribution in [1.29, 1.82) is 0 Å². The second-order valence-corrected chi connectivity index (χ2v) is 6.76. The zero-order chi connectivity index (χ0) is 14.5. The lowest BCUT2D eigenvalue weighted by atomic mass is 9.76. The number of hydrogen-bond donors (Lipinski definition) is 1. The summed E-state index contributed by atoms with van der Waals surface area (Å²) in [5, 5.41) is 3.86. The van der Waals surface area contributed by atoms with Crippen LogP contribution in [0.25, 0.3) is 0 Å². The highest BCUT2D eigenvalue weighted by Gasteiger charge is 2.33. The van der Waals surface area contributed by atoms with E-state index in [9.17, 15) is 0 Å². The first kappa shape index (κ1) is 14.9. The summed E-state index contributed by atoms with van der Waals surface area (Å²) < 4.78 is 6.05. The van der Waals surface area contributed by atoms with Crippen LogP contribution >= 0.6 is 0 Å². The molecule has 0 aromatic heterocycles. The SMILES string of the molecule is CCCNC(C1CCCCC1)C1COc2ccccc2C1. The van der Waals surface area contributed by atoms with Gasteiger partial charge in [-0.15, -0.1) is 0 Å². The lowest BCUT2D eigenvalue weighted by Gasteiger charge is -2.38. The van der Waals surface area contributed by atoms with Crippen LogP contribution in [0.2, 0.25) is 0 Å². The molecule has 116 valence electrons. The Kier molecular flexibility index (Phi) is 5.18. The third-order valence-corrected chi connectivity index (χ3v) is 5.20. The molecule has 1 aromatic carbocycles. The monoisotopic (exact) mass is 287 g/mol. The lowest BCUT2D eigenvalue weighted by molar-refractivity contribution is 0.134. The van der Waals surface area contributed by atoms with Gasteiger partial charge in [0, 0.05) is 12.0 Å². The Balaban J connectivity index is 1.71. The van der Waals surface area contributed by atoms with Gasteiger partial charge in [0.15, 0.2) is 0 Å². The number of ether oxygens (including phenoxy) is 1. The van der Waals surface area contributed by atoms with Crippen LogP contribution in [0.4, 0.5) is 0 Å². The number of rotatable bonds is 5. The smallest absolute Gasteiger partial charge is 0.122 e. The normalized spacial score (nSPS) is 24.1. The van der Waals surface area contributed by atoms with Gasteiger partial charge in [-0.2, -0.15) is 0 Å². The van der Waals surface area contributed by atoms with Gasteiger partial charge in [0.25, 0.3) is 0 Å². The predicted molar refractivity (Wildman–Crippen MR) is 87.8 cm³/mol. The molecule has 2 nitrogen and oxygen atoms in total. The van der Waals surface area contributed by atoms with Crippen LogP contribution < -0.4 is 10.1 Å². The number of para-hydroxylation sites is 1. The molecule has 1 saturated carbocycles. The molecule has 1 heterocycles. The molecule has 2 heteroatoms. The quantitative estimate of drug-likeness (QED) is 0.877. The Bertz CT molecular complexity index is 439. The Labute approximate surface area is 129 Å². The van der Waals surface area contributed by atoms with Crippen molar-refractivity contribution in [3.05, 3.63) is 29.8 Å². The molecular weight excluding hydrogens is 258 g/mol. The van der Waals surface area contributed by atoms with Crippen LogP contribution in [-0.2, 0) is 6.42 Å². The molecule has 2 atom stereocenters. The van der Waals surface area contributed by atoms with E-state index in [1.807, 2.05) is 0 Å². The van der Waals surface area contributed by atoms with Gasteiger partial charge in [0.05, 0.1) is 6.61 Å². The summed E-state index contributed by atoms with van der Waals surface area (Å²) >= 11 is 0. The standard InChI is InChI=1S/C19H29NO/c1-2-12-20-19(15-8-4-3-5-9-15)17-13-16-10-6-7-11-18(16)21-14-17/h6-7,10-11,15,17,19-20H,2-5,8-9,12-14H2,1H3. The molecule has 1 aromatic rings. The minimum absolute atomic E-state index is 0.634. The molecule has 0 saturated heterocycles. The van der Waals surface area contributed by atoms with Crippen molar-refractivity contribution in [2.45, 2.75) is 57.9 Å². The van der Waals surface area contributed by atoms with Gasteiger partial charge < -0.3 is 10.1 Å². The van der Waals surface area contributed by atoms with Gasteiger partial charge in [0.1, 0.15) is 5.75 Å². The van der Waals surface area contributed by atoms with Gasteiger partial charge in [0.2, 0.25) is 0 Å². The summed E-state index contributed by atoms with van der Waals surface area (Å²) in [5.74, 6) is 2.59. The minimum atomic E-state index is 0.634. The molecule has 2 unspecified atom stereocenters. The largest absolute Gasteiger partial charge is 0.493 e. The highest BCUT2D eigenvalue weighted by Crippen LogP contribution is 2.34. The van der Waals surface area contributed by atoms with E-state index < -0.39 is 0 Å². The highest BCUT2D eigenvalue weighted by molar-refractivity contribution is 5.35. The van der Waals surface area contributed by atoms with E-state index in [0.717, 1.165) is 24.8 Å². The van der Waals surface area contributed by atoms with Gasteiger partial charge in [-0.3, -0.25) is 0 Å². The summed E-state index contributed by atoms with van der Waals surface area (Å²) in [6.07, 6.45) is 9.46. The molecule has 0 bridgehead atoms. The van der Waals surface area contributed by atoms with E-state index in [-0.39, 0.29) is 0 Å². The second-order valence-electron chi connectivity index (χ2n) is 6.76. The van der Waals surface area contributed by atoms with E-state index in [1.165, 1.54) is 50.5 Å². The van der Waals surface area contributed by atoms with Gasteiger partial charge >= 0.3 is 0 Å². The maximum atomic E-state index is 6.05. The van der Waals surface area contributed by atoms with Crippen LogP contribution in [0.1, 0.15) is 51.0 Å². The van der Waals surface area contributed by atoms with Crippen molar-refractivity contribution < 1.29 is 4.74 Å². The number of nitrogens with one attached hydrogen (secondary N) is 1. The third-order valence-electron chi connectivity index (χ3n) is 5.20. The Morgan fingerprint density at radius 1 is 1.14 bits per heavy atom. The topological polar surface area (TPSA) is 21.3 Å². The maximum Gasteiger partial charge on any atom is 0.122 e. The molecular formula is C19H29NO. The fourth-order valence-electron chi connectivity index (χ4n) is 4.10. The molecule has 0 amide bonds. The zero-order valence-corrected chi connectivity index (χ0v) is 13.3.